The zero-order chi connectivity index (χ0) is 16.8. The lowest BCUT2D eigenvalue weighted by molar-refractivity contribution is -0.132. The summed E-state index contributed by atoms with van der Waals surface area (Å²) in [5.41, 5.74) is 1.24. The normalized spacial score (nSPS) is 10.2. The molecule has 0 saturated carbocycles. The molecule has 1 amide bonds. The van der Waals surface area contributed by atoms with Crippen molar-refractivity contribution in [3.8, 4) is 5.75 Å². The fourth-order valence-electron chi connectivity index (χ4n) is 2.06. The molecule has 2 rings (SSSR count). The van der Waals surface area contributed by atoms with E-state index in [1.165, 1.54) is 24.0 Å². The predicted molar refractivity (Wildman–Crippen MR) is 84.8 cm³/mol. The van der Waals surface area contributed by atoms with E-state index in [9.17, 15) is 14.0 Å². The third-order valence-electron chi connectivity index (χ3n) is 3.34. The van der Waals surface area contributed by atoms with Gasteiger partial charge in [0.1, 0.15) is 11.6 Å². The van der Waals surface area contributed by atoms with E-state index in [-0.39, 0.29) is 24.1 Å². The molecule has 0 N–H and O–H groups in total. The molecule has 0 radical (unpaired) electrons. The standard InChI is InChI=1S/C18H18FNO3/c1-13(21)15-6-4-8-17(10-15)23-12-18(22)20(2)11-14-5-3-7-16(19)9-14/h3-10H,11-12H2,1-2H3. The fraction of sp³-hybridized carbons (Fsp3) is 0.222. The largest absolute Gasteiger partial charge is 0.484 e. The van der Waals surface area contributed by atoms with Crippen molar-refractivity contribution in [1.82, 2.24) is 4.90 Å². The maximum absolute atomic E-state index is 13.1. The van der Waals surface area contributed by atoms with Gasteiger partial charge < -0.3 is 9.64 Å². The highest BCUT2D eigenvalue weighted by molar-refractivity contribution is 5.94. The number of halogens is 1. The van der Waals surface area contributed by atoms with Gasteiger partial charge in [-0.25, -0.2) is 4.39 Å². The van der Waals surface area contributed by atoms with Gasteiger partial charge in [-0.1, -0.05) is 24.3 Å². The van der Waals surface area contributed by atoms with Crippen LogP contribution in [0.4, 0.5) is 4.39 Å². The van der Waals surface area contributed by atoms with Gasteiger partial charge in [0, 0.05) is 19.2 Å². The molecule has 0 aliphatic rings. The van der Waals surface area contributed by atoms with Gasteiger partial charge in [0.15, 0.2) is 12.4 Å². The highest BCUT2D eigenvalue weighted by atomic mass is 19.1. The first-order chi connectivity index (χ1) is 11.0. The number of likely N-dealkylation sites (N-methyl/N-ethyl adjacent to an activating group) is 1. The van der Waals surface area contributed by atoms with Crippen LogP contribution >= 0.6 is 0 Å². The molecule has 0 spiro atoms. The molecule has 0 atom stereocenters. The number of hydrogen-bond acceptors (Lipinski definition) is 3. The maximum atomic E-state index is 13.1. The van der Waals surface area contributed by atoms with Crippen molar-refractivity contribution in [3.63, 3.8) is 0 Å². The van der Waals surface area contributed by atoms with Gasteiger partial charge in [0.2, 0.25) is 0 Å². The van der Waals surface area contributed by atoms with E-state index in [0.29, 0.717) is 23.4 Å². The number of rotatable bonds is 6. The van der Waals surface area contributed by atoms with Crippen LogP contribution in [0.15, 0.2) is 48.5 Å². The summed E-state index contributed by atoms with van der Waals surface area (Å²) in [7, 11) is 1.63. The Bertz CT molecular complexity index is 715. The second-order valence-electron chi connectivity index (χ2n) is 5.25. The van der Waals surface area contributed by atoms with Crippen LogP contribution in [0, 0.1) is 5.82 Å². The van der Waals surface area contributed by atoms with E-state index in [1.807, 2.05) is 0 Å². The first-order valence-electron chi connectivity index (χ1n) is 7.18. The van der Waals surface area contributed by atoms with E-state index >= 15 is 0 Å². The lowest BCUT2D eigenvalue weighted by Gasteiger charge is -2.17. The second kappa shape index (κ2) is 7.54. The maximum Gasteiger partial charge on any atom is 0.260 e. The van der Waals surface area contributed by atoms with Crippen molar-refractivity contribution in [2.45, 2.75) is 13.5 Å². The molecule has 120 valence electrons. The average Bonchev–Trinajstić information content (AvgIpc) is 2.52. The van der Waals surface area contributed by atoms with E-state index in [0.717, 1.165) is 0 Å². The lowest BCUT2D eigenvalue weighted by Crippen LogP contribution is -2.31. The Morgan fingerprint density at radius 3 is 2.57 bits per heavy atom. The van der Waals surface area contributed by atoms with Crippen molar-refractivity contribution in [2.24, 2.45) is 0 Å². The molecule has 0 fully saturated rings. The minimum atomic E-state index is -0.333. The molecule has 0 aromatic heterocycles. The van der Waals surface area contributed by atoms with Crippen LogP contribution < -0.4 is 4.74 Å². The molecular formula is C18H18FNO3. The van der Waals surface area contributed by atoms with Gasteiger partial charge in [-0.3, -0.25) is 9.59 Å². The zero-order valence-corrected chi connectivity index (χ0v) is 13.1. The quantitative estimate of drug-likeness (QED) is 0.770. The van der Waals surface area contributed by atoms with Gasteiger partial charge in [-0.2, -0.15) is 0 Å². The number of benzene rings is 2. The average molecular weight is 315 g/mol. The van der Waals surface area contributed by atoms with Gasteiger partial charge in [-0.15, -0.1) is 0 Å². The predicted octanol–water partition coefficient (Wildman–Crippen LogP) is 3.07. The molecule has 2 aromatic carbocycles. The fourth-order valence-corrected chi connectivity index (χ4v) is 2.06. The Balaban J connectivity index is 1.91. The summed E-state index contributed by atoms with van der Waals surface area (Å²) in [6.45, 7) is 1.62. The molecule has 5 heteroatoms. The number of ether oxygens (including phenoxy) is 1. The number of carbonyl (C=O) groups excluding carboxylic acids is 2. The molecule has 4 nitrogen and oxygen atoms in total. The Labute approximate surface area is 134 Å². The minimum absolute atomic E-state index is 0.0648. The van der Waals surface area contributed by atoms with E-state index < -0.39 is 0 Å². The van der Waals surface area contributed by atoms with E-state index in [4.69, 9.17) is 4.74 Å². The number of amides is 1. The molecule has 2 aromatic rings. The molecule has 0 aliphatic heterocycles. The van der Waals surface area contributed by atoms with Crippen LogP contribution in [0.25, 0.3) is 0 Å². The smallest absolute Gasteiger partial charge is 0.260 e. The van der Waals surface area contributed by atoms with E-state index in [2.05, 4.69) is 0 Å². The minimum Gasteiger partial charge on any atom is -0.484 e. The number of ketones is 1. The van der Waals surface area contributed by atoms with Gasteiger partial charge in [-0.05, 0) is 36.8 Å². The Morgan fingerprint density at radius 2 is 1.87 bits per heavy atom. The van der Waals surface area contributed by atoms with Crippen LogP contribution in [0.2, 0.25) is 0 Å². The SMILES string of the molecule is CC(=O)c1cccc(OCC(=O)N(C)Cc2cccc(F)c2)c1. The first kappa shape index (κ1) is 16.7. The summed E-state index contributed by atoms with van der Waals surface area (Å²) in [4.78, 5) is 24.8. The second-order valence-corrected chi connectivity index (χ2v) is 5.25. The lowest BCUT2D eigenvalue weighted by atomic mass is 10.1. The summed E-state index contributed by atoms with van der Waals surface area (Å²) in [5.74, 6) is -0.168. The molecular weight excluding hydrogens is 297 g/mol. The van der Waals surface area contributed by atoms with E-state index in [1.54, 1.807) is 43.4 Å². The Kier molecular flexibility index (Phi) is 5.46. The number of Topliss-reactive ketones (excluding diaryl/α,β-unsaturated/α-hetero) is 1. The topological polar surface area (TPSA) is 46.6 Å². The van der Waals surface area contributed by atoms with Crippen molar-refractivity contribution in [1.29, 1.82) is 0 Å². The number of carbonyl (C=O) groups is 2. The van der Waals surface area contributed by atoms with Crippen molar-refractivity contribution >= 4 is 11.7 Å². The van der Waals surface area contributed by atoms with Gasteiger partial charge in [0.25, 0.3) is 5.91 Å². The number of nitrogens with zero attached hydrogens (tertiary/aromatic N) is 1. The van der Waals surface area contributed by atoms with Crippen molar-refractivity contribution in [2.75, 3.05) is 13.7 Å². The van der Waals surface area contributed by atoms with Crippen LogP contribution in [0.3, 0.4) is 0 Å². The summed E-state index contributed by atoms with van der Waals surface area (Å²) in [6, 6.07) is 12.8. The van der Waals surface area contributed by atoms with Crippen LogP contribution in [-0.2, 0) is 11.3 Å². The van der Waals surface area contributed by atoms with Crippen LogP contribution in [0.1, 0.15) is 22.8 Å². The number of hydrogen-bond donors (Lipinski definition) is 0. The van der Waals surface area contributed by atoms with Gasteiger partial charge in [0.05, 0.1) is 0 Å². The molecule has 23 heavy (non-hydrogen) atoms. The molecule has 0 unspecified atom stereocenters. The zero-order valence-electron chi connectivity index (χ0n) is 13.1. The highest BCUT2D eigenvalue weighted by Gasteiger charge is 2.11. The Hall–Kier alpha value is -2.69. The molecule has 0 saturated heterocycles. The highest BCUT2D eigenvalue weighted by Crippen LogP contribution is 2.14. The van der Waals surface area contributed by atoms with Crippen molar-refractivity contribution < 1.29 is 18.7 Å². The van der Waals surface area contributed by atoms with Crippen LogP contribution in [0.5, 0.6) is 5.75 Å². The van der Waals surface area contributed by atoms with Crippen molar-refractivity contribution in [3.05, 3.63) is 65.5 Å². The molecule has 0 heterocycles. The molecule has 0 bridgehead atoms. The monoisotopic (exact) mass is 315 g/mol. The van der Waals surface area contributed by atoms with Crippen LogP contribution in [-0.4, -0.2) is 30.2 Å². The third kappa shape index (κ3) is 4.92. The first-order valence-corrected chi connectivity index (χ1v) is 7.18. The summed E-state index contributed by atoms with van der Waals surface area (Å²) in [5, 5.41) is 0. The summed E-state index contributed by atoms with van der Waals surface area (Å²) in [6.07, 6.45) is 0. The third-order valence-corrected chi connectivity index (χ3v) is 3.34. The molecule has 0 aliphatic carbocycles. The van der Waals surface area contributed by atoms with Gasteiger partial charge >= 0.3 is 0 Å². The summed E-state index contributed by atoms with van der Waals surface area (Å²) >= 11 is 0. The Morgan fingerprint density at radius 1 is 1.13 bits per heavy atom. The summed E-state index contributed by atoms with van der Waals surface area (Å²) < 4.78 is 18.6.